The Morgan fingerprint density at radius 3 is 2.57 bits per heavy atom. The van der Waals surface area contributed by atoms with E-state index in [1.165, 1.54) is 24.4 Å². The van der Waals surface area contributed by atoms with Crippen molar-refractivity contribution in [3.63, 3.8) is 0 Å². The third-order valence-electron chi connectivity index (χ3n) is 5.89. The van der Waals surface area contributed by atoms with Gasteiger partial charge in [-0.15, -0.1) is 0 Å². The van der Waals surface area contributed by atoms with E-state index in [2.05, 4.69) is 15.0 Å². The molecular formula is C25H25F3N4O3. The van der Waals surface area contributed by atoms with Crippen molar-refractivity contribution in [1.82, 2.24) is 15.0 Å². The van der Waals surface area contributed by atoms with Crippen LogP contribution in [-0.2, 0) is 17.4 Å². The Kier molecular flexibility index (Phi) is 6.40. The SMILES string of the molecule is CC(C)(Cc1ccc(C(F)(F)F)c(-c2nc(-c3ccnc(OCC4CC4)c3)cc(=O)[nH]2)c1)C(N)=O. The number of ether oxygens (including phenoxy) is 1. The molecule has 2 heterocycles. The van der Waals surface area contributed by atoms with E-state index in [1.54, 1.807) is 26.0 Å². The van der Waals surface area contributed by atoms with Crippen LogP contribution in [0.25, 0.3) is 22.6 Å². The number of nitrogens with zero attached hydrogens (tertiary/aromatic N) is 2. The maximum atomic E-state index is 13.8. The number of halogens is 3. The van der Waals surface area contributed by atoms with Crippen molar-refractivity contribution in [2.75, 3.05) is 6.61 Å². The second-order valence-corrected chi connectivity index (χ2v) is 9.42. The number of hydrogen-bond donors (Lipinski definition) is 2. The van der Waals surface area contributed by atoms with Crippen LogP contribution in [0.4, 0.5) is 13.2 Å². The first-order chi connectivity index (χ1) is 16.4. The van der Waals surface area contributed by atoms with E-state index in [-0.39, 0.29) is 23.5 Å². The molecule has 2 aromatic heterocycles. The summed E-state index contributed by atoms with van der Waals surface area (Å²) < 4.78 is 47.2. The summed E-state index contributed by atoms with van der Waals surface area (Å²) in [7, 11) is 0. The van der Waals surface area contributed by atoms with Crippen LogP contribution in [0.3, 0.4) is 0 Å². The van der Waals surface area contributed by atoms with Gasteiger partial charge in [0.05, 0.1) is 17.9 Å². The topological polar surface area (TPSA) is 111 Å². The summed E-state index contributed by atoms with van der Waals surface area (Å²) in [5.41, 5.74) is 3.70. The van der Waals surface area contributed by atoms with E-state index in [0.717, 1.165) is 18.9 Å². The normalized spacial score (nSPS) is 14.1. The summed E-state index contributed by atoms with van der Waals surface area (Å²) in [5, 5.41) is 0. The minimum atomic E-state index is -4.69. The fourth-order valence-corrected chi connectivity index (χ4v) is 3.61. The van der Waals surface area contributed by atoms with Crippen LogP contribution >= 0.6 is 0 Å². The minimum Gasteiger partial charge on any atom is -0.477 e. The number of carbonyl (C=O) groups is 1. The summed E-state index contributed by atoms with van der Waals surface area (Å²) in [6, 6.07) is 7.91. The smallest absolute Gasteiger partial charge is 0.417 e. The number of aromatic amines is 1. The van der Waals surface area contributed by atoms with E-state index in [0.29, 0.717) is 29.5 Å². The third kappa shape index (κ3) is 5.87. The number of amides is 1. The molecular weight excluding hydrogens is 461 g/mol. The highest BCUT2D eigenvalue weighted by Crippen LogP contribution is 2.38. The maximum Gasteiger partial charge on any atom is 0.417 e. The largest absolute Gasteiger partial charge is 0.477 e. The average Bonchev–Trinajstić information content (AvgIpc) is 3.61. The molecule has 0 unspecified atom stereocenters. The van der Waals surface area contributed by atoms with Crippen molar-refractivity contribution < 1.29 is 22.7 Å². The number of aromatic nitrogens is 3. The van der Waals surface area contributed by atoms with Crippen LogP contribution in [0.15, 0.2) is 47.4 Å². The van der Waals surface area contributed by atoms with E-state index in [9.17, 15) is 22.8 Å². The van der Waals surface area contributed by atoms with Crippen molar-refractivity contribution in [3.8, 4) is 28.5 Å². The molecule has 35 heavy (non-hydrogen) atoms. The van der Waals surface area contributed by atoms with Crippen molar-refractivity contribution >= 4 is 5.91 Å². The van der Waals surface area contributed by atoms with Gasteiger partial charge in [0.1, 0.15) is 5.82 Å². The van der Waals surface area contributed by atoms with E-state index >= 15 is 0 Å². The van der Waals surface area contributed by atoms with Gasteiger partial charge in [-0.05, 0) is 48.9 Å². The first-order valence-corrected chi connectivity index (χ1v) is 11.1. The first-order valence-electron chi connectivity index (χ1n) is 11.1. The van der Waals surface area contributed by atoms with Gasteiger partial charge in [-0.2, -0.15) is 13.2 Å². The summed E-state index contributed by atoms with van der Waals surface area (Å²) in [6.45, 7) is 3.76. The molecule has 184 valence electrons. The lowest BCUT2D eigenvalue weighted by Crippen LogP contribution is -2.33. The number of H-pyrrole nitrogens is 1. The number of nitrogens with two attached hydrogens (primary N) is 1. The number of pyridine rings is 1. The molecule has 4 rings (SSSR count). The molecule has 0 atom stereocenters. The quantitative estimate of drug-likeness (QED) is 0.492. The predicted octanol–water partition coefficient (Wildman–Crippen LogP) is 4.36. The molecule has 1 aromatic carbocycles. The summed E-state index contributed by atoms with van der Waals surface area (Å²) in [4.78, 5) is 35.1. The van der Waals surface area contributed by atoms with Crippen molar-refractivity contribution in [2.45, 2.75) is 39.3 Å². The number of nitrogens with one attached hydrogen (secondary N) is 1. The Labute approximate surface area is 199 Å². The molecule has 1 aliphatic rings. The number of carbonyl (C=O) groups excluding carboxylic acids is 1. The number of primary amides is 1. The number of alkyl halides is 3. The molecule has 1 aliphatic carbocycles. The summed E-state index contributed by atoms with van der Waals surface area (Å²) >= 11 is 0. The van der Waals surface area contributed by atoms with Gasteiger partial charge in [0.2, 0.25) is 11.8 Å². The molecule has 0 aliphatic heterocycles. The summed E-state index contributed by atoms with van der Waals surface area (Å²) in [6.07, 6.45) is -0.870. The van der Waals surface area contributed by atoms with Gasteiger partial charge in [-0.3, -0.25) is 9.59 Å². The Balaban J connectivity index is 1.76. The van der Waals surface area contributed by atoms with Gasteiger partial charge < -0.3 is 15.5 Å². The monoisotopic (exact) mass is 486 g/mol. The second kappa shape index (κ2) is 9.16. The van der Waals surface area contributed by atoms with Crippen LogP contribution in [0.1, 0.15) is 37.8 Å². The molecule has 1 fully saturated rings. The highest BCUT2D eigenvalue weighted by Gasteiger charge is 2.35. The molecule has 3 N–H and O–H groups in total. The summed E-state index contributed by atoms with van der Waals surface area (Å²) in [5.74, 6) is 0.0442. The van der Waals surface area contributed by atoms with E-state index in [1.807, 2.05) is 0 Å². The highest BCUT2D eigenvalue weighted by molar-refractivity contribution is 5.80. The van der Waals surface area contributed by atoms with Gasteiger partial charge in [0.25, 0.3) is 5.56 Å². The molecule has 1 saturated carbocycles. The highest BCUT2D eigenvalue weighted by atomic mass is 19.4. The van der Waals surface area contributed by atoms with Gasteiger partial charge in [0, 0.05) is 34.9 Å². The zero-order valence-electron chi connectivity index (χ0n) is 19.3. The molecule has 0 radical (unpaired) electrons. The van der Waals surface area contributed by atoms with Crippen LogP contribution in [0, 0.1) is 11.3 Å². The zero-order chi connectivity index (χ0) is 25.4. The van der Waals surface area contributed by atoms with Gasteiger partial charge in [-0.25, -0.2) is 9.97 Å². The van der Waals surface area contributed by atoms with Crippen molar-refractivity contribution in [3.05, 3.63) is 64.1 Å². The Morgan fingerprint density at radius 1 is 1.17 bits per heavy atom. The predicted molar refractivity (Wildman–Crippen MR) is 123 cm³/mol. The minimum absolute atomic E-state index is 0.115. The number of hydrogen-bond acceptors (Lipinski definition) is 5. The molecule has 0 spiro atoms. The standard InChI is InChI=1S/C25H25F3N4O3/c1-24(2,23(29)34)12-15-5-6-18(25(26,27)28)17(9-15)22-31-19(11-20(33)32-22)16-7-8-30-21(10-16)35-13-14-3-4-14/h5-11,14H,3-4,12-13H2,1-2H3,(H2,29,34)(H,31,32,33). The number of benzene rings is 1. The van der Waals surface area contributed by atoms with Gasteiger partial charge >= 0.3 is 6.18 Å². The Morgan fingerprint density at radius 2 is 1.91 bits per heavy atom. The zero-order valence-corrected chi connectivity index (χ0v) is 19.3. The lowest BCUT2D eigenvalue weighted by Gasteiger charge is -2.21. The van der Waals surface area contributed by atoms with E-state index in [4.69, 9.17) is 10.5 Å². The Bertz CT molecular complexity index is 1310. The fraction of sp³-hybridized carbons (Fsp3) is 0.360. The molecule has 1 amide bonds. The third-order valence-corrected chi connectivity index (χ3v) is 5.89. The van der Waals surface area contributed by atoms with E-state index < -0.39 is 28.6 Å². The number of rotatable bonds is 8. The molecule has 3 aromatic rings. The average molecular weight is 486 g/mol. The lowest BCUT2D eigenvalue weighted by molar-refractivity contribution is -0.137. The lowest BCUT2D eigenvalue weighted by atomic mass is 9.84. The van der Waals surface area contributed by atoms with Crippen LogP contribution in [-0.4, -0.2) is 27.5 Å². The van der Waals surface area contributed by atoms with Gasteiger partial charge in [-0.1, -0.05) is 19.9 Å². The molecule has 7 nitrogen and oxygen atoms in total. The van der Waals surface area contributed by atoms with Crippen LogP contribution in [0.2, 0.25) is 0 Å². The van der Waals surface area contributed by atoms with Crippen LogP contribution in [0.5, 0.6) is 5.88 Å². The van der Waals surface area contributed by atoms with Crippen molar-refractivity contribution in [2.24, 2.45) is 17.1 Å². The molecule has 0 saturated heterocycles. The van der Waals surface area contributed by atoms with Crippen molar-refractivity contribution in [1.29, 1.82) is 0 Å². The first kappa shape index (κ1) is 24.4. The fourth-order valence-electron chi connectivity index (χ4n) is 3.61. The molecule has 0 bridgehead atoms. The molecule has 10 heteroatoms. The maximum absolute atomic E-state index is 13.8. The van der Waals surface area contributed by atoms with Gasteiger partial charge in [0.15, 0.2) is 0 Å². The Hall–Kier alpha value is -3.69. The van der Waals surface area contributed by atoms with Crippen LogP contribution < -0.4 is 16.0 Å². The second-order valence-electron chi connectivity index (χ2n) is 9.42.